The molecule has 2 aromatic carbocycles. The minimum absolute atomic E-state index is 0.295. The number of carbonyl (C=O) groups excluding carboxylic acids is 1. The molecule has 23 heavy (non-hydrogen) atoms. The topological polar surface area (TPSA) is 66.5 Å². The number of hydrogen-bond acceptors (Lipinski definition) is 3. The van der Waals surface area contributed by atoms with E-state index in [2.05, 4.69) is 5.32 Å². The highest BCUT2D eigenvalue weighted by atomic mass is 35.5. The van der Waals surface area contributed by atoms with Gasteiger partial charge in [-0.3, -0.25) is 9.10 Å². The molecule has 0 bridgehead atoms. The van der Waals surface area contributed by atoms with Crippen LogP contribution in [0.3, 0.4) is 0 Å². The summed E-state index contributed by atoms with van der Waals surface area (Å²) in [4.78, 5) is 12.2. The van der Waals surface area contributed by atoms with Gasteiger partial charge in [-0.15, -0.1) is 0 Å². The molecule has 3 rings (SSSR count). The van der Waals surface area contributed by atoms with Crippen molar-refractivity contribution in [1.82, 2.24) is 0 Å². The molecule has 1 amide bonds. The number of benzene rings is 2. The maximum absolute atomic E-state index is 12.2. The summed E-state index contributed by atoms with van der Waals surface area (Å²) in [5, 5.41) is 3.25. The van der Waals surface area contributed by atoms with Crippen LogP contribution in [0.15, 0.2) is 42.5 Å². The fraction of sp³-hybridized carbons (Fsp3) is 0.188. The number of amides is 1. The Morgan fingerprint density at radius 3 is 2.70 bits per heavy atom. The Morgan fingerprint density at radius 2 is 2.00 bits per heavy atom. The lowest BCUT2D eigenvalue weighted by Gasteiger charge is -2.17. The Balaban J connectivity index is 1.87. The number of sulfonamides is 1. The third-order valence-electron chi connectivity index (χ3n) is 3.68. The summed E-state index contributed by atoms with van der Waals surface area (Å²) >= 11 is 5.88. The van der Waals surface area contributed by atoms with Gasteiger partial charge in [0, 0.05) is 22.8 Å². The Morgan fingerprint density at radius 1 is 1.22 bits per heavy atom. The summed E-state index contributed by atoms with van der Waals surface area (Å²) in [6, 6.07) is 11.9. The standard InChI is InChI=1S/C16H15ClN2O3S/c1-23(21,22)19-8-7-11-5-6-14(10-15(11)19)18-16(20)12-3-2-4-13(17)9-12/h2-6,9-10H,7-8H2,1H3,(H,18,20). The van der Waals surface area contributed by atoms with Gasteiger partial charge in [-0.25, -0.2) is 8.42 Å². The molecular weight excluding hydrogens is 336 g/mol. The molecule has 0 saturated carbocycles. The molecule has 0 atom stereocenters. The summed E-state index contributed by atoms with van der Waals surface area (Å²) in [5.74, 6) is -0.295. The second-order valence-electron chi connectivity index (χ2n) is 5.39. The van der Waals surface area contributed by atoms with Crippen LogP contribution >= 0.6 is 11.6 Å². The van der Waals surface area contributed by atoms with Gasteiger partial charge in [-0.05, 0) is 42.3 Å². The number of anilines is 2. The van der Waals surface area contributed by atoms with Crippen molar-refractivity contribution in [2.45, 2.75) is 6.42 Å². The normalized spacial score (nSPS) is 13.7. The van der Waals surface area contributed by atoms with Crippen molar-refractivity contribution in [2.24, 2.45) is 0 Å². The summed E-state index contributed by atoms with van der Waals surface area (Å²) in [6.45, 7) is 0.430. The summed E-state index contributed by atoms with van der Waals surface area (Å²) < 4.78 is 25.0. The number of nitrogens with one attached hydrogen (secondary N) is 1. The molecule has 1 N–H and O–H groups in total. The third-order valence-corrected chi connectivity index (χ3v) is 5.10. The molecule has 0 spiro atoms. The second kappa shape index (κ2) is 5.86. The van der Waals surface area contributed by atoms with E-state index in [0.29, 0.717) is 34.9 Å². The van der Waals surface area contributed by atoms with Crippen LogP contribution in [0.4, 0.5) is 11.4 Å². The summed E-state index contributed by atoms with van der Waals surface area (Å²) in [6.07, 6.45) is 1.85. The minimum atomic E-state index is -3.32. The lowest BCUT2D eigenvalue weighted by Crippen LogP contribution is -2.27. The van der Waals surface area contributed by atoms with Crippen molar-refractivity contribution in [3.05, 3.63) is 58.6 Å². The molecule has 1 aliphatic rings. The van der Waals surface area contributed by atoms with E-state index in [9.17, 15) is 13.2 Å². The van der Waals surface area contributed by atoms with Crippen molar-refractivity contribution in [3.8, 4) is 0 Å². The van der Waals surface area contributed by atoms with Crippen LogP contribution in [0, 0.1) is 0 Å². The van der Waals surface area contributed by atoms with Gasteiger partial charge < -0.3 is 5.32 Å². The van der Waals surface area contributed by atoms with Crippen LogP contribution < -0.4 is 9.62 Å². The number of carbonyl (C=O) groups is 1. The monoisotopic (exact) mass is 350 g/mol. The zero-order valence-electron chi connectivity index (χ0n) is 12.4. The Hall–Kier alpha value is -2.05. The molecular formula is C16H15ClN2O3S. The average molecular weight is 351 g/mol. The maximum atomic E-state index is 12.2. The van der Waals surface area contributed by atoms with Gasteiger partial charge in [-0.2, -0.15) is 0 Å². The molecule has 5 nitrogen and oxygen atoms in total. The number of halogens is 1. The van der Waals surface area contributed by atoms with Crippen LogP contribution in [0.5, 0.6) is 0 Å². The number of hydrogen-bond donors (Lipinski definition) is 1. The highest BCUT2D eigenvalue weighted by molar-refractivity contribution is 7.92. The zero-order valence-corrected chi connectivity index (χ0v) is 14.0. The van der Waals surface area contributed by atoms with Crippen molar-refractivity contribution in [1.29, 1.82) is 0 Å². The minimum Gasteiger partial charge on any atom is -0.322 e. The molecule has 1 heterocycles. The molecule has 120 valence electrons. The lowest BCUT2D eigenvalue weighted by atomic mass is 10.1. The van der Waals surface area contributed by atoms with Gasteiger partial charge in [0.15, 0.2) is 0 Å². The van der Waals surface area contributed by atoms with Gasteiger partial charge in [0.1, 0.15) is 0 Å². The van der Waals surface area contributed by atoms with E-state index in [1.165, 1.54) is 10.6 Å². The maximum Gasteiger partial charge on any atom is 0.255 e. The number of rotatable bonds is 3. The van der Waals surface area contributed by atoms with Gasteiger partial charge in [0.2, 0.25) is 10.0 Å². The first kappa shape index (κ1) is 15.8. The van der Waals surface area contributed by atoms with E-state index in [0.717, 1.165) is 5.56 Å². The molecule has 1 aliphatic heterocycles. The van der Waals surface area contributed by atoms with Gasteiger partial charge in [0.25, 0.3) is 5.91 Å². The Kier molecular flexibility index (Phi) is 4.04. The molecule has 7 heteroatoms. The molecule has 2 aromatic rings. The first-order chi connectivity index (χ1) is 10.8. The number of nitrogens with zero attached hydrogens (tertiary/aromatic N) is 1. The van der Waals surface area contributed by atoms with Crippen molar-refractivity contribution >= 4 is 38.9 Å². The predicted octanol–water partition coefficient (Wildman–Crippen LogP) is 2.91. The Labute approximate surface area is 139 Å². The fourth-order valence-electron chi connectivity index (χ4n) is 2.61. The molecule has 0 aromatic heterocycles. The molecule has 0 aliphatic carbocycles. The van der Waals surface area contributed by atoms with Crippen LogP contribution in [0.2, 0.25) is 5.02 Å². The largest absolute Gasteiger partial charge is 0.322 e. The molecule has 0 unspecified atom stereocenters. The predicted molar refractivity (Wildman–Crippen MR) is 91.7 cm³/mol. The highest BCUT2D eigenvalue weighted by Crippen LogP contribution is 2.32. The zero-order chi connectivity index (χ0) is 16.6. The third kappa shape index (κ3) is 3.33. The van der Waals surface area contributed by atoms with E-state index in [1.54, 1.807) is 36.4 Å². The van der Waals surface area contributed by atoms with Crippen LogP contribution in [0.1, 0.15) is 15.9 Å². The lowest BCUT2D eigenvalue weighted by molar-refractivity contribution is 0.102. The summed E-state index contributed by atoms with van der Waals surface area (Å²) in [7, 11) is -3.32. The van der Waals surface area contributed by atoms with Gasteiger partial charge in [-0.1, -0.05) is 23.7 Å². The molecule has 0 fully saturated rings. The average Bonchev–Trinajstić information content (AvgIpc) is 2.90. The van der Waals surface area contributed by atoms with Crippen LogP contribution in [0.25, 0.3) is 0 Å². The summed E-state index contributed by atoms with van der Waals surface area (Å²) in [5.41, 5.74) is 2.56. The number of fused-ring (bicyclic) bond motifs is 1. The molecule has 0 saturated heterocycles. The fourth-order valence-corrected chi connectivity index (χ4v) is 3.75. The van der Waals surface area contributed by atoms with Crippen molar-refractivity contribution in [3.63, 3.8) is 0 Å². The van der Waals surface area contributed by atoms with Crippen LogP contribution in [-0.4, -0.2) is 27.1 Å². The Bertz CT molecular complexity index is 881. The van der Waals surface area contributed by atoms with Crippen molar-refractivity contribution < 1.29 is 13.2 Å². The van der Waals surface area contributed by atoms with E-state index in [1.807, 2.05) is 6.07 Å². The van der Waals surface area contributed by atoms with E-state index >= 15 is 0 Å². The highest BCUT2D eigenvalue weighted by Gasteiger charge is 2.26. The first-order valence-electron chi connectivity index (χ1n) is 7.02. The van der Waals surface area contributed by atoms with Gasteiger partial charge in [0.05, 0.1) is 11.9 Å². The van der Waals surface area contributed by atoms with E-state index < -0.39 is 10.0 Å². The smallest absolute Gasteiger partial charge is 0.255 e. The second-order valence-corrected chi connectivity index (χ2v) is 7.74. The SMILES string of the molecule is CS(=O)(=O)N1CCc2ccc(NC(=O)c3cccc(Cl)c3)cc21. The molecule has 0 radical (unpaired) electrons. The van der Waals surface area contributed by atoms with E-state index in [-0.39, 0.29) is 5.91 Å². The quantitative estimate of drug-likeness (QED) is 0.925. The van der Waals surface area contributed by atoms with Crippen LogP contribution in [-0.2, 0) is 16.4 Å². The van der Waals surface area contributed by atoms with E-state index in [4.69, 9.17) is 11.6 Å². The van der Waals surface area contributed by atoms with Gasteiger partial charge >= 0.3 is 0 Å². The van der Waals surface area contributed by atoms with Crippen molar-refractivity contribution in [2.75, 3.05) is 22.4 Å². The first-order valence-corrected chi connectivity index (χ1v) is 9.25.